The van der Waals surface area contributed by atoms with E-state index in [2.05, 4.69) is 240 Å². The zero-order chi connectivity index (χ0) is 43.3. The summed E-state index contributed by atoms with van der Waals surface area (Å²) < 4.78 is 0. The Morgan fingerprint density at radius 3 is 1.20 bits per heavy atom. The molecular weight excluding hydrogens is 797 g/mol. The molecule has 0 bridgehead atoms. The fourth-order valence-corrected chi connectivity index (χ4v) is 11.5. The molecule has 0 radical (unpaired) electrons. The van der Waals surface area contributed by atoms with Crippen LogP contribution in [0.15, 0.2) is 231 Å². The maximum atomic E-state index is 2.49. The third kappa shape index (κ3) is 5.55. The highest BCUT2D eigenvalue weighted by Crippen LogP contribution is 2.53. The van der Waals surface area contributed by atoms with Crippen molar-refractivity contribution in [2.45, 2.75) is 12.8 Å². The van der Waals surface area contributed by atoms with Crippen molar-refractivity contribution < 1.29 is 0 Å². The molecule has 66 heavy (non-hydrogen) atoms. The highest BCUT2D eigenvalue weighted by Gasteiger charge is 2.28. The Bertz CT molecular complexity index is 3880. The lowest BCUT2D eigenvalue weighted by atomic mass is 9.82. The first-order valence-electron chi connectivity index (χ1n) is 23.1. The van der Waals surface area contributed by atoms with Crippen LogP contribution >= 0.6 is 0 Å². The third-order valence-electron chi connectivity index (χ3n) is 14.4. The summed E-state index contributed by atoms with van der Waals surface area (Å²) in [5.41, 5.74) is 17.5. The van der Waals surface area contributed by atoms with Gasteiger partial charge in [-0.25, -0.2) is 0 Å². The number of fused-ring (bicyclic) bond motifs is 10. The monoisotopic (exact) mass is 838 g/mol. The molecule has 0 amide bonds. The third-order valence-corrected chi connectivity index (χ3v) is 14.4. The topological polar surface area (TPSA) is 6.48 Å². The maximum Gasteiger partial charge on any atom is 0.0497 e. The highest BCUT2D eigenvalue weighted by atomic mass is 15.2. The second kappa shape index (κ2) is 14.5. The zero-order valence-corrected chi connectivity index (χ0v) is 36.2. The first-order chi connectivity index (χ1) is 32.7. The van der Waals surface area contributed by atoms with Gasteiger partial charge in [-0.15, -0.1) is 0 Å². The van der Waals surface area contributed by atoms with Crippen LogP contribution in [0.5, 0.6) is 0 Å². The minimum atomic E-state index is 0.912. The van der Waals surface area contributed by atoms with Crippen LogP contribution in [0.3, 0.4) is 0 Å². The van der Waals surface area contributed by atoms with Gasteiger partial charge in [0.25, 0.3) is 0 Å². The molecule has 12 aromatic rings. The lowest BCUT2D eigenvalue weighted by Gasteiger charge is -2.34. The van der Waals surface area contributed by atoms with Crippen LogP contribution in [0, 0.1) is 0 Å². The van der Waals surface area contributed by atoms with Crippen LogP contribution in [0.25, 0.3) is 76.1 Å². The Labute approximate surface area is 383 Å². The number of hydrogen-bond acceptors (Lipinski definition) is 2. The van der Waals surface area contributed by atoms with Crippen molar-refractivity contribution in [1.29, 1.82) is 0 Å². The van der Waals surface area contributed by atoms with Crippen LogP contribution in [0.4, 0.5) is 34.1 Å². The fourth-order valence-electron chi connectivity index (χ4n) is 11.5. The Balaban J connectivity index is 1.15. The maximum absolute atomic E-state index is 2.49. The second-order valence-electron chi connectivity index (χ2n) is 18.0. The fraction of sp³-hybridized carbons (Fsp3) is 0.0312. The Morgan fingerprint density at radius 2 is 0.652 bits per heavy atom. The Kier molecular flexibility index (Phi) is 8.14. The summed E-state index contributed by atoms with van der Waals surface area (Å²) in [6.07, 6.45) is 1.82. The average molecular weight is 839 g/mol. The van der Waals surface area contributed by atoms with Crippen LogP contribution in [0.1, 0.15) is 22.3 Å². The minimum absolute atomic E-state index is 0.912. The molecule has 308 valence electrons. The molecule has 0 atom stereocenters. The van der Waals surface area contributed by atoms with Crippen LogP contribution in [-0.2, 0) is 12.8 Å². The summed E-state index contributed by atoms with van der Waals surface area (Å²) in [6, 6.07) is 86.3. The van der Waals surface area contributed by atoms with Gasteiger partial charge >= 0.3 is 0 Å². The number of nitrogens with zero attached hydrogens (tertiary/aromatic N) is 2. The van der Waals surface area contributed by atoms with E-state index in [0.717, 1.165) is 24.2 Å². The van der Waals surface area contributed by atoms with Crippen molar-refractivity contribution in [3.63, 3.8) is 0 Å². The second-order valence-corrected chi connectivity index (χ2v) is 18.0. The van der Waals surface area contributed by atoms with Gasteiger partial charge in [-0.3, -0.25) is 0 Å². The van der Waals surface area contributed by atoms with Gasteiger partial charge in [0.2, 0.25) is 0 Å². The van der Waals surface area contributed by atoms with E-state index in [1.54, 1.807) is 0 Å². The van der Waals surface area contributed by atoms with Crippen molar-refractivity contribution in [2.75, 3.05) is 9.80 Å². The molecule has 0 spiro atoms. The van der Waals surface area contributed by atoms with Gasteiger partial charge in [0.1, 0.15) is 0 Å². The lowest BCUT2D eigenvalue weighted by Crippen LogP contribution is -2.18. The predicted octanol–water partition coefficient (Wildman–Crippen LogP) is 17.5. The van der Waals surface area contributed by atoms with E-state index in [0.29, 0.717) is 0 Å². The Hall–Kier alpha value is -8.46. The van der Waals surface area contributed by atoms with Crippen molar-refractivity contribution in [3.8, 4) is 22.3 Å². The molecule has 0 unspecified atom stereocenters. The SMILES string of the molecule is c1ccc2c(c1)Cc1ccccc1N2c1ccc2c(-c3cc4ccccc4c4ccccc34)c3cc(N4c5ccccc5Cc5ccccc54)ccc3c(-c3cccc4ccccc34)c2c1. The molecule has 0 fully saturated rings. The summed E-state index contributed by atoms with van der Waals surface area (Å²) in [7, 11) is 0. The molecule has 0 aliphatic carbocycles. The summed E-state index contributed by atoms with van der Waals surface area (Å²) >= 11 is 0. The van der Waals surface area contributed by atoms with Gasteiger partial charge in [0.15, 0.2) is 0 Å². The lowest BCUT2D eigenvalue weighted by molar-refractivity contribution is 1.09. The van der Waals surface area contributed by atoms with Gasteiger partial charge in [-0.2, -0.15) is 0 Å². The molecule has 0 saturated heterocycles. The normalized spacial score (nSPS) is 13.0. The molecule has 2 aliphatic rings. The van der Waals surface area contributed by atoms with Crippen LogP contribution in [-0.4, -0.2) is 0 Å². The van der Waals surface area contributed by atoms with Crippen molar-refractivity contribution in [1.82, 2.24) is 0 Å². The molecule has 2 heteroatoms. The van der Waals surface area contributed by atoms with E-state index in [1.807, 2.05) is 0 Å². The van der Waals surface area contributed by atoms with Crippen molar-refractivity contribution in [3.05, 3.63) is 253 Å². The molecule has 0 N–H and O–H groups in total. The van der Waals surface area contributed by atoms with Crippen molar-refractivity contribution in [2.24, 2.45) is 0 Å². The molecule has 2 heterocycles. The number of anilines is 6. The van der Waals surface area contributed by atoms with Crippen molar-refractivity contribution >= 4 is 88.0 Å². The van der Waals surface area contributed by atoms with Gasteiger partial charge in [0.05, 0.1) is 0 Å². The average Bonchev–Trinajstić information content (AvgIpc) is 3.38. The standard InChI is InChI=1S/C64H42N2/c1-7-23-49-41(16-1)22-15-27-53(49)63-54-34-32-48(66-61-30-13-5-20-45(61)37-46-21-6-14-31-62(46)66)40-58(54)64(56-38-42-17-2-8-24-50(42)51-25-9-10-26-52(51)56)55-35-33-47(39-57(55)63)65-59-28-11-3-18-43(59)36-44-19-4-12-29-60(44)65/h1-35,38-40H,36-37H2. The van der Waals surface area contributed by atoms with E-state index in [4.69, 9.17) is 0 Å². The highest BCUT2D eigenvalue weighted by molar-refractivity contribution is 6.28. The van der Waals surface area contributed by atoms with E-state index >= 15 is 0 Å². The van der Waals surface area contributed by atoms with Gasteiger partial charge in [0, 0.05) is 47.0 Å². The zero-order valence-electron chi connectivity index (χ0n) is 36.2. The van der Waals surface area contributed by atoms with E-state index < -0.39 is 0 Å². The van der Waals surface area contributed by atoms with E-state index in [9.17, 15) is 0 Å². The van der Waals surface area contributed by atoms with Crippen LogP contribution in [0.2, 0.25) is 0 Å². The molecule has 14 rings (SSSR count). The summed E-state index contributed by atoms with van der Waals surface area (Å²) in [4.78, 5) is 4.98. The smallest absolute Gasteiger partial charge is 0.0497 e. The number of rotatable bonds is 4. The van der Waals surface area contributed by atoms with Gasteiger partial charge in [-0.05, 0) is 153 Å². The number of benzene rings is 12. The largest absolute Gasteiger partial charge is 0.310 e. The molecule has 2 nitrogen and oxygen atoms in total. The minimum Gasteiger partial charge on any atom is -0.310 e. The Morgan fingerprint density at radius 1 is 0.242 bits per heavy atom. The quantitative estimate of drug-likeness (QED) is 0.129. The molecule has 2 aliphatic heterocycles. The molecular formula is C64H42N2. The van der Waals surface area contributed by atoms with E-state index in [1.165, 1.54) is 121 Å². The summed E-state index contributed by atoms with van der Waals surface area (Å²) in [5.74, 6) is 0. The first kappa shape index (κ1) is 37.0. The predicted molar refractivity (Wildman–Crippen MR) is 280 cm³/mol. The van der Waals surface area contributed by atoms with Gasteiger partial charge < -0.3 is 9.80 Å². The summed E-state index contributed by atoms with van der Waals surface area (Å²) in [5, 5.41) is 12.4. The van der Waals surface area contributed by atoms with Gasteiger partial charge in [-0.1, -0.05) is 176 Å². The molecule has 0 saturated carbocycles. The first-order valence-corrected chi connectivity index (χ1v) is 23.1. The number of para-hydroxylation sites is 4. The molecule has 12 aromatic carbocycles. The number of hydrogen-bond donors (Lipinski definition) is 0. The van der Waals surface area contributed by atoms with E-state index in [-0.39, 0.29) is 0 Å². The molecule has 0 aromatic heterocycles. The van der Waals surface area contributed by atoms with Crippen LogP contribution < -0.4 is 9.80 Å². The summed E-state index contributed by atoms with van der Waals surface area (Å²) in [6.45, 7) is 0.